The molecular weight excluding hydrogens is 473 g/mol. The van der Waals surface area contributed by atoms with E-state index in [4.69, 9.17) is 9.84 Å². The highest BCUT2D eigenvalue weighted by Gasteiger charge is 2.29. The zero-order valence-corrected chi connectivity index (χ0v) is 22.0. The number of aromatic nitrogens is 1. The fourth-order valence-electron chi connectivity index (χ4n) is 4.09. The van der Waals surface area contributed by atoms with E-state index in [0.29, 0.717) is 16.9 Å². The van der Waals surface area contributed by atoms with E-state index in [0.717, 1.165) is 41.1 Å². The van der Waals surface area contributed by atoms with Crippen molar-refractivity contribution in [1.82, 2.24) is 10.3 Å². The maximum absolute atomic E-state index is 13.6. The van der Waals surface area contributed by atoms with Crippen LogP contribution in [0.25, 0.3) is 10.4 Å². The molecule has 186 valence electrons. The van der Waals surface area contributed by atoms with E-state index >= 15 is 0 Å². The Morgan fingerprint density at radius 2 is 1.85 bits per heavy atom. The van der Waals surface area contributed by atoms with E-state index in [1.165, 1.54) is 0 Å². The fraction of sp³-hybridized carbons (Fsp3) is 0.542. The predicted octanol–water partition coefficient (Wildman–Crippen LogP) is 6.09. The summed E-state index contributed by atoms with van der Waals surface area (Å²) in [6, 6.07) is 5.33. The first kappa shape index (κ1) is 26.2. The lowest BCUT2D eigenvalue weighted by atomic mass is 9.86. The number of hydrogen-bond acceptors (Lipinski definition) is 6. The zero-order valence-electron chi connectivity index (χ0n) is 20.3. The van der Waals surface area contributed by atoms with Gasteiger partial charge in [0.1, 0.15) is 7.14 Å². The number of ether oxygens (including phenoxy) is 1. The highest BCUT2D eigenvalue weighted by atomic mass is 32.1. The first-order valence-electron chi connectivity index (χ1n) is 11.6. The number of anilines is 1. The summed E-state index contributed by atoms with van der Waals surface area (Å²) in [5.41, 5.74) is 1.16. The van der Waals surface area contributed by atoms with E-state index in [9.17, 15) is 14.2 Å². The van der Waals surface area contributed by atoms with E-state index in [1.54, 1.807) is 30.1 Å². The lowest BCUT2D eigenvalue weighted by molar-refractivity contribution is 0.109. The minimum atomic E-state index is -2.75. The standard InChI is InChI=1S/C24H34N3O5PS/c1-14(2)32-24(30)27-17-8-6-16(7-9-17)22-25-13-21(34-22)19-11-10-18(26-23(28)29)12-20(19)33(5,31)15(3)4/h10-17,26H,6-9H2,1-5H3,(H,27,30)(H,28,29). The minimum Gasteiger partial charge on any atom is -0.465 e. The first-order valence-corrected chi connectivity index (χ1v) is 14.7. The molecule has 0 aliphatic heterocycles. The van der Waals surface area contributed by atoms with Gasteiger partial charge in [0.15, 0.2) is 0 Å². The van der Waals surface area contributed by atoms with Gasteiger partial charge < -0.3 is 19.7 Å². The summed E-state index contributed by atoms with van der Waals surface area (Å²) in [7, 11) is -2.75. The maximum Gasteiger partial charge on any atom is 0.409 e. The van der Waals surface area contributed by atoms with Crippen molar-refractivity contribution in [3.05, 3.63) is 29.4 Å². The molecule has 10 heteroatoms. The van der Waals surface area contributed by atoms with Gasteiger partial charge in [-0.25, -0.2) is 14.6 Å². The Hall–Kier alpha value is -2.38. The summed E-state index contributed by atoms with van der Waals surface area (Å²) in [4.78, 5) is 28.6. The van der Waals surface area contributed by atoms with Gasteiger partial charge in [0.25, 0.3) is 0 Å². The van der Waals surface area contributed by atoms with Gasteiger partial charge in [0.2, 0.25) is 0 Å². The van der Waals surface area contributed by atoms with Gasteiger partial charge in [-0.05, 0) is 58.3 Å². The van der Waals surface area contributed by atoms with Crippen LogP contribution in [0.15, 0.2) is 24.4 Å². The van der Waals surface area contributed by atoms with Crippen molar-refractivity contribution in [3.8, 4) is 10.4 Å². The monoisotopic (exact) mass is 507 g/mol. The molecular formula is C24H34N3O5PS. The fourth-order valence-corrected chi connectivity index (χ4v) is 6.91. The van der Waals surface area contributed by atoms with Gasteiger partial charge in [-0.2, -0.15) is 0 Å². The van der Waals surface area contributed by atoms with Crippen LogP contribution >= 0.6 is 18.5 Å². The van der Waals surface area contributed by atoms with Crippen molar-refractivity contribution in [3.63, 3.8) is 0 Å². The Labute approximate surface area is 204 Å². The number of rotatable bonds is 7. The Balaban J connectivity index is 1.78. The van der Waals surface area contributed by atoms with Crippen molar-refractivity contribution in [2.24, 2.45) is 0 Å². The van der Waals surface area contributed by atoms with Gasteiger partial charge >= 0.3 is 12.2 Å². The van der Waals surface area contributed by atoms with Gasteiger partial charge in [0, 0.05) is 40.4 Å². The van der Waals surface area contributed by atoms with Crippen LogP contribution < -0.4 is 15.9 Å². The lowest BCUT2D eigenvalue weighted by Gasteiger charge is -2.28. The topological polar surface area (TPSA) is 118 Å². The quantitative estimate of drug-likeness (QED) is 0.391. The first-order chi connectivity index (χ1) is 16.0. The molecule has 1 aromatic heterocycles. The average Bonchev–Trinajstić information content (AvgIpc) is 3.23. The molecule has 0 spiro atoms. The third kappa shape index (κ3) is 6.39. The van der Waals surface area contributed by atoms with Crippen LogP contribution in [0, 0.1) is 0 Å². The van der Waals surface area contributed by atoms with Crippen LogP contribution in [0.4, 0.5) is 15.3 Å². The molecule has 2 aromatic rings. The number of thiazole rings is 1. The van der Waals surface area contributed by atoms with Crippen molar-refractivity contribution in [2.45, 2.75) is 77.1 Å². The van der Waals surface area contributed by atoms with Gasteiger partial charge in [0.05, 0.1) is 16.0 Å². The molecule has 0 saturated heterocycles. The number of carbonyl (C=O) groups is 2. The molecule has 1 aliphatic carbocycles. The van der Waals surface area contributed by atoms with Gasteiger partial charge in [-0.3, -0.25) is 5.32 Å². The summed E-state index contributed by atoms with van der Waals surface area (Å²) in [5.74, 6) is 0.313. The highest BCUT2D eigenvalue weighted by molar-refractivity contribution is 7.71. The Morgan fingerprint density at radius 3 is 2.44 bits per heavy atom. The second-order valence-electron chi connectivity index (χ2n) is 9.46. The molecule has 0 bridgehead atoms. The summed E-state index contributed by atoms with van der Waals surface area (Å²) >= 11 is 1.60. The number of alkyl carbamates (subject to hydrolysis) is 1. The molecule has 1 fully saturated rings. The number of nitrogens with zero attached hydrogens (tertiary/aromatic N) is 1. The Morgan fingerprint density at radius 1 is 1.18 bits per heavy atom. The molecule has 34 heavy (non-hydrogen) atoms. The number of carboxylic acid groups (broad SMARTS) is 1. The highest BCUT2D eigenvalue weighted by Crippen LogP contribution is 2.49. The van der Waals surface area contributed by atoms with Crippen LogP contribution in [0.5, 0.6) is 0 Å². The van der Waals surface area contributed by atoms with E-state index in [-0.39, 0.29) is 23.9 Å². The van der Waals surface area contributed by atoms with E-state index < -0.39 is 13.2 Å². The van der Waals surface area contributed by atoms with Crippen molar-refractivity contribution >= 4 is 41.7 Å². The lowest BCUT2D eigenvalue weighted by Crippen LogP contribution is -2.38. The molecule has 8 nitrogen and oxygen atoms in total. The molecule has 1 heterocycles. The van der Waals surface area contributed by atoms with Crippen molar-refractivity contribution < 1.29 is 24.0 Å². The zero-order chi connectivity index (χ0) is 25.0. The van der Waals surface area contributed by atoms with Crippen LogP contribution in [0.2, 0.25) is 0 Å². The summed E-state index contributed by atoms with van der Waals surface area (Å²) < 4.78 is 18.8. The van der Waals surface area contributed by atoms with Gasteiger partial charge in [-0.15, -0.1) is 11.3 Å². The molecule has 1 aliphatic rings. The third-order valence-corrected chi connectivity index (χ3v) is 10.7. The van der Waals surface area contributed by atoms with Gasteiger partial charge in [-0.1, -0.05) is 19.9 Å². The summed E-state index contributed by atoms with van der Waals surface area (Å²) in [6.07, 6.45) is 3.75. The van der Waals surface area contributed by atoms with Crippen LogP contribution in [-0.4, -0.2) is 46.7 Å². The van der Waals surface area contributed by atoms with Crippen LogP contribution in [-0.2, 0) is 9.30 Å². The number of hydrogen-bond donors (Lipinski definition) is 3. The second kappa shape index (κ2) is 10.9. The van der Waals surface area contributed by atoms with Crippen LogP contribution in [0.3, 0.4) is 0 Å². The smallest absolute Gasteiger partial charge is 0.409 e. The second-order valence-corrected chi connectivity index (χ2v) is 14.0. The molecule has 0 radical (unpaired) electrons. The molecule has 1 atom stereocenters. The maximum atomic E-state index is 13.6. The molecule has 1 saturated carbocycles. The Bertz CT molecular complexity index is 1080. The normalized spacial score (nSPS) is 20.1. The molecule has 2 amide bonds. The molecule has 1 unspecified atom stereocenters. The van der Waals surface area contributed by atoms with Crippen molar-refractivity contribution in [2.75, 3.05) is 12.0 Å². The summed E-state index contributed by atoms with van der Waals surface area (Å²) in [5, 5.41) is 16.1. The largest absolute Gasteiger partial charge is 0.465 e. The molecule has 3 N–H and O–H groups in total. The van der Waals surface area contributed by atoms with E-state index in [1.807, 2.05) is 40.0 Å². The number of nitrogens with one attached hydrogen (secondary N) is 2. The SMILES string of the molecule is CC(C)OC(=O)NC1CCC(c2ncc(-c3ccc(NC(=O)O)cc3P(C)(=O)C(C)C)s2)CC1. The van der Waals surface area contributed by atoms with E-state index in [2.05, 4.69) is 15.6 Å². The number of benzene rings is 1. The molecule has 3 rings (SSSR count). The number of carbonyl (C=O) groups excluding carboxylic acids is 1. The van der Waals surface area contributed by atoms with Crippen LogP contribution in [0.1, 0.15) is 64.3 Å². The van der Waals surface area contributed by atoms with Crippen molar-refractivity contribution in [1.29, 1.82) is 0 Å². The Kier molecular flexibility index (Phi) is 8.42. The minimum absolute atomic E-state index is 0.0797. The average molecular weight is 508 g/mol. The molecule has 1 aromatic carbocycles. The third-order valence-electron chi connectivity index (χ3n) is 6.24. The predicted molar refractivity (Wildman–Crippen MR) is 137 cm³/mol. The summed E-state index contributed by atoms with van der Waals surface area (Å²) in [6.45, 7) is 9.25. The number of amides is 2.